The number of hydrazone groups is 1. The number of rotatable bonds is 4. The molecule has 22 heavy (non-hydrogen) atoms. The number of hydrogen-bond donors (Lipinski definition) is 3. The van der Waals surface area contributed by atoms with Gasteiger partial charge in [-0.05, 0) is 52.3 Å². The van der Waals surface area contributed by atoms with Crippen LogP contribution in [0, 0.1) is 0 Å². The van der Waals surface area contributed by atoms with Gasteiger partial charge < -0.3 is 0 Å². The summed E-state index contributed by atoms with van der Waals surface area (Å²) in [5, 5.41) is 12.3. The highest BCUT2D eigenvalue weighted by atomic mass is 79.9. The number of nitrogens with one attached hydrogen (secondary N) is 2. The van der Waals surface area contributed by atoms with Crippen LogP contribution >= 0.6 is 15.9 Å². The van der Waals surface area contributed by atoms with Gasteiger partial charge in [0.15, 0.2) is 0 Å². The quantitative estimate of drug-likeness (QED) is 0.333. The van der Waals surface area contributed by atoms with Gasteiger partial charge in [0.25, 0.3) is 11.8 Å². The van der Waals surface area contributed by atoms with Crippen molar-refractivity contribution in [2.75, 3.05) is 0 Å². The minimum absolute atomic E-state index is 0.238. The van der Waals surface area contributed by atoms with E-state index in [-0.39, 0.29) is 5.56 Å². The van der Waals surface area contributed by atoms with E-state index in [2.05, 4.69) is 31.4 Å². The van der Waals surface area contributed by atoms with Crippen molar-refractivity contribution in [1.82, 2.24) is 15.9 Å². The van der Waals surface area contributed by atoms with Crippen molar-refractivity contribution >= 4 is 34.0 Å². The molecule has 3 N–H and O–H groups in total. The zero-order valence-corrected chi connectivity index (χ0v) is 12.7. The van der Waals surface area contributed by atoms with Gasteiger partial charge in [-0.2, -0.15) is 5.10 Å². The topological polar surface area (TPSA) is 104 Å². The van der Waals surface area contributed by atoms with Gasteiger partial charge in [0.2, 0.25) is 0 Å². The molecule has 0 aliphatic rings. The Kier molecular flexibility index (Phi) is 5.34. The average molecular weight is 363 g/mol. The molecule has 1 aromatic carbocycles. The Morgan fingerprint density at radius 3 is 2.36 bits per heavy atom. The third-order valence-electron chi connectivity index (χ3n) is 2.67. The van der Waals surface area contributed by atoms with Gasteiger partial charge in [0.1, 0.15) is 4.60 Å². The van der Waals surface area contributed by atoms with Crippen LogP contribution in [0.15, 0.2) is 52.3 Å². The molecular weight excluding hydrogens is 352 g/mol. The van der Waals surface area contributed by atoms with Crippen molar-refractivity contribution in [3.8, 4) is 0 Å². The van der Waals surface area contributed by atoms with Gasteiger partial charge in [0.05, 0.1) is 6.21 Å². The first-order chi connectivity index (χ1) is 10.6. The van der Waals surface area contributed by atoms with Crippen LogP contribution in [0.1, 0.15) is 26.3 Å². The molecule has 112 valence electrons. The number of hydrogen-bond acceptors (Lipinski definition) is 5. The first-order valence-electron chi connectivity index (χ1n) is 6.10. The minimum Gasteiger partial charge on any atom is -0.288 e. The smallest absolute Gasteiger partial charge is 0.274 e. The number of benzene rings is 1. The lowest BCUT2D eigenvalue weighted by Crippen LogP contribution is -2.20. The molecule has 0 fully saturated rings. The SMILES string of the molecule is O=C(NO)c1ccc(C(=O)N/N=C/c2cccnc2Br)cc1. The molecular formula is C14H11BrN4O3. The normalized spacial score (nSPS) is 10.5. The fourth-order valence-corrected chi connectivity index (χ4v) is 1.91. The van der Waals surface area contributed by atoms with E-state index in [0.29, 0.717) is 10.2 Å². The van der Waals surface area contributed by atoms with Crippen molar-refractivity contribution in [3.63, 3.8) is 0 Å². The van der Waals surface area contributed by atoms with Crippen LogP contribution in [0.4, 0.5) is 0 Å². The van der Waals surface area contributed by atoms with Crippen molar-refractivity contribution < 1.29 is 14.8 Å². The molecule has 1 heterocycles. The van der Waals surface area contributed by atoms with Gasteiger partial charge in [-0.15, -0.1) is 0 Å². The van der Waals surface area contributed by atoms with Crippen LogP contribution < -0.4 is 10.9 Å². The Hall–Kier alpha value is -2.58. The van der Waals surface area contributed by atoms with Crippen LogP contribution in [0.3, 0.4) is 0 Å². The standard InChI is InChI=1S/C14H11BrN4O3/c15-12-11(2-1-7-16-12)8-17-18-13(20)9-3-5-10(6-4-9)14(21)19-22/h1-8,22H,(H,18,20)(H,19,21)/b17-8+. The van der Waals surface area contributed by atoms with Gasteiger partial charge in [0, 0.05) is 22.9 Å². The maximum absolute atomic E-state index is 11.9. The highest BCUT2D eigenvalue weighted by Crippen LogP contribution is 2.09. The number of amides is 2. The Bertz CT molecular complexity index is 716. The molecule has 0 aliphatic carbocycles. The number of pyridine rings is 1. The van der Waals surface area contributed by atoms with Crippen LogP contribution in [-0.4, -0.2) is 28.2 Å². The summed E-state index contributed by atoms with van der Waals surface area (Å²) >= 11 is 3.26. The van der Waals surface area contributed by atoms with Crippen LogP contribution in [0.2, 0.25) is 0 Å². The predicted octanol–water partition coefficient (Wildman–Crippen LogP) is 1.73. The minimum atomic E-state index is -0.647. The summed E-state index contributed by atoms with van der Waals surface area (Å²) in [6, 6.07) is 9.28. The molecule has 0 aliphatic heterocycles. The van der Waals surface area contributed by atoms with E-state index in [1.807, 2.05) is 0 Å². The summed E-state index contributed by atoms with van der Waals surface area (Å²) in [7, 11) is 0. The van der Waals surface area contributed by atoms with Gasteiger partial charge >= 0.3 is 0 Å². The molecule has 0 saturated heterocycles. The van der Waals surface area contributed by atoms with E-state index in [1.54, 1.807) is 18.3 Å². The summed E-state index contributed by atoms with van der Waals surface area (Å²) in [6.07, 6.45) is 3.09. The molecule has 0 bridgehead atoms. The zero-order chi connectivity index (χ0) is 15.9. The highest BCUT2D eigenvalue weighted by molar-refractivity contribution is 9.10. The first-order valence-corrected chi connectivity index (χ1v) is 6.89. The maximum atomic E-state index is 11.9. The second-order valence-corrected chi connectivity index (χ2v) is 4.85. The average Bonchev–Trinajstić information content (AvgIpc) is 2.56. The second kappa shape index (κ2) is 7.43. The van der Waals surface area contributed by atoms with Crippen molar-refractivity contribution in [3.05, 3.63) is 63.9 Å². The van der Waals surface area contributed by atoms with E-state index in [9.17, 15) is 9.59 Å². The number of hydroxylamine groups is 1. The van der Waals surface area contributed by atoms with Crippen LogP contribution in [0.25, 0.3) is 0 Å². The summed E-state index contributed by atoms with van der Waals surface area (Å²) < 4.78 is 0.618. The third kappa shape index (κ3) is 3.96. The fourth-order valence-electron chi connectivity index (χ4n) is 1.56. The van der Waals surface area contributed by atoms with Crippen molar-refractivity contribution in [2.45, 2.75) is 0 Å². The lowest BCUT2D eigenvalue weighted by atomic mass is 10.1. The van der Waals surface area contributed by atoms with Crippen LogP contribution in [-0.2, 0) is 0 Å². The largest absolute Gasteiger partial charge is 0.288 e. The Morgan fingerprint density at radius 2 is 1.77 bits per heavy atom. The number of carbonyl (C=O) groups is 2. The number of aromatic nitrogens is 1. The summed E-state index contributed by atoms with van der Waals surface area (Å²) in [4.78, 5) is 27.1. The third-order valence-corrected chi connectivity index (χ3v) is 3.33. The van der Waals surface area contributed by atoms with Gasteiger partial charge in [-0.25, -0.2) is 15.9 Å². The second-order valence-electron chi connectivity index (χ2n) is 4.10. The molecule has 0 spiro atoms. The summed E-state index contributed by atoms with van der Waals surface area (Å²) in [6.45, 7) is 0. The summed E-state index contributed by atoms with van der Waals surface area (Å²) in [5.74, 6) is -1.07. The van der Waals surface area contributed by atoms with Gasteiger partial charge in [-0.1, -0.05) is 0 Å². The van der Waals surface area contributed by atoms with E-state index in [0.717, 1.165) is 5.56 Å². The lowest BCUT2D eigenvalue weighted by molar-refractivity contribution is 0.0706. The number of nitrogens with zero attached hydrogens (tertiary/aromatic N) is 2. The van der Waals surface area contributed by atoms with E-state index in [4.69, 9.17) is 5.21 Å². The van der Waals surface area contributed by atoms with Crippen LogP contribution in [0.5, 0.6) is 0 Å². The zero-order valence-electron chi connectivity index (χ0n) is 11.2. The Labute approximate surface area is 134 Å². The lowest BCUT2D eigenvalue weighted by Gasteiger charge is -2.02. The Balaban J connectivity index is 2.01. The molecule has 1 aromatic heterocycles. The van der Waals surface area contributed by atoms with Crippen molar-refractivity contribution in [1.29, 1.82) is 0 Å². The first kappa shape index (κ1) is 15.8. The number of halogens is 1. The van der Waals surface area contributed by atoms with Gasteiger partial charge in [-0.3, -0.25) is 14.8 Å². The molecule has 0 saturated carbocycles. The molecule has 7 nitrogen and oxygen atoms in total. The monoisotopic (exact) mass is 362 g/mol. The predicted molar refractivity (Wildman–Crippen MR) is 82.7 cm³/mol. The molecule has 2 rings (SSSR count). The van der Waals surface area contributed by atoms with E-state index in [1.165, 1.54) is 36.0 Å². The van der Waals surface area contributed by atoms with Crippen molar-refractivity contribution in [2.24, 2.45) is 5.10 Å². The molecule has 8 heteroatoms. The fraction of sp³-hybridized carbons (Fsp3) is 0. The number of carbonyl (C=O) groups excluding carboxylic acids is 2. The molecule has 0 radical (unpaired) electrons. The molecule has 2 aromatic rings. The Morgan fingerprint density at radius 1 is 1.14 bits per heavy atom. The molecule has 2 amide bonds. The molecule has 0 unspecified atom stereocenters. The maximum Gasteiger partial charge on any atom is 0.274 e. The van der Waals surface area contributed by atoms with E-state index >= 15 is 0 Å². The van der Waals surface area contributed by atoms with E-state index < -0.39 is 11.8 Å². The summed E-state index contributed by atoms with van der Waals surface area (Å²) in [5.41, 5.74) is 5.17. The molecule has 0 atom stereocenters. The highest BCUT2D eigenvalue weighted by Gasteiger charge is 2.07.